The Bertz CT molecular complexity index is 1230. The lowest BCUT2D eigenvalue weighted by atomic mass is 10.2. The lowest BCUT2D eigenvalue weighted by Gasteiger charge is -2.13. The quantitative estimate of drug-likeness (QED) is 0.424. The van der Waals surface area contributed by atoms with Gasteiger partial charge in [0.05, 0.1) is 29.1 Å². The summed E-state index contributed by atoms with van der Waals surface area (Å²) in [6, 6.07) is 12.8. The number of rotatable bonds is 6. The summed E-state index contributed by atoms with van der Waals surface area (Å²) in [6.45, 7) is 1.82. The molecule has 9 heteroatoms. The number of nitrogens with one attached hydrogen (secondary N) is 3. The van der Waals surface area contributed by atoms with Gasteiger partial charge in [0.2, 0.25) is 5.91 Å². The Balaban J connectivity index is 1.48. The van der Waals surface area contributed by atoms with Crippen LogP contribution in [0, 0.1) is 0 Å². The number of thioether (sulfide) groups is 1. The van der Waals surface area contributed by atoms with Crippen LogP contribution in [-0.4, -0.2) is 37.8 Å². The summed E-state index contributed by atoms with van der Waals surface area (Å²) < 4.78 is 7.19. The molecule has 0 bridgehead atoms. The average molecular weight is 409 g/mol. The third kappa shape index (κ3) is 4.04. The van der Waals surface area contributed by atoms with Crippen molar-refractivity contribution in [2.24, 2.45) is 0 Å². The van der Waals surface area contributed by atoms with Crippen LogP contribution in [0.25, 0.3) is 16.7 Å². The molecule has 1 amide bonds. The van der Waals surface area contributed by atoms with Crippen molar-refractivity contribution in [2.45, 2.75) is 17.3 Å². The molecule has 8 nitrogen and oxygen atoms in total. The molecule has 0 spiro atoms. The van der Waals surface area contributed by atoms with Crippen LogP contribution >= 0.6 is 11.8 Å². The minimum Gasteiger partial charge on any atom is -0.497 e. The van der Waals surface area contributed by atoms with E-state index in [2.05, 4.69) is 20.3 Å². The van der Waals surface area contributed by atoms with Crippen molar-refractivity contribution in [3.8, 4) is 11.4 Å². The fraction of sp³-hybridized carbons (Fsp3) is 0.150. The highest BCUT2D eigenvalue weighted by molar-refractivity contribution is 8.00. The number of hydrogen-bond donors (Lipinski definition) is 3. The van der Waals surface area contributed by atoms with Crippen molar-refractivity contribution in [3.63, 3.8) is 0 Å². The van der Waals surface area contributed by atoms with E-state index in [-0.39, 0.29) is 16.8 Å². The maximum Gasteiger partial charge on any atom is 0.323 e. The van der Waals surface area contributed by atoms with Crippen molar-refractivity contribution >= 4 is 34.4 Å². The number of aromatic nitrogens is 4. The SMILES string of the molecule is COc1cccc(-n2ccnc2S[C@@H](C)C(=O)Nc2ccc3[nH]c(=O)[nH]c3c2)c1. The van der Waals surface area contributed by atoms with Crippen LogP contribution in [0.1, 0.15) is 6.92 Å². The molecule has 0 radical (unpaired) electrons. The second kappa shape index (κ2) is 7.88. The van der Waals surface area contributed by atoms with Crippen LogP contribution < -0.4 is 15.7 Å². The van der Waals surface area contributed by atoms with Crippen LogP contribution in [0.3, 0.4) is 0 Å². The van der Waals surface area contributed by atoms with E-state index < -0.39 is 0 Å². The molecule has 0 unspecified atom stereocenters. The molecule has 0 aliphatic heterocycles. The number of carbonyl (C=O) groups excluding carboxylic acids is 1. The maximum atomic E-state index is 12.7. The van der Waals surface area contributed by atoms with E-state index in [0.717, 1.165) is 11.4 Å². The summed E-state index contributed by atoms with van der Waals surface area (Å²) in [4.78, 5) is 33.8. The molecule has 0 saturated heterocycles. The number of anilines is 1. The van der Waals surface area contributed by atoms with Gasteiger partial charge >= 0.3 is 5.69 Å². The van der Waals surface area contributed by atoms with E-state index in [4.69, 9.17) is 4.74 Å². The number of benzene rings is 2. The molecule has 29 heavy (non-hydrogen) atoms. The lowest BCUT2D eigenvalue weighted by molar-refractivity contribution is -0.115. The Hall–Kier alpha value is -3.46. The molecule has 4 rings (SSSR count). The number of imidazole rings is 2. The van der Waals surface area contributed by atoms with Gasteiger partial charge < -0.3 is 20.0 Å². The standard InChI is InChI=1S/C20H19N5O3S/c1-12(18(26)22-13-6-7-16-17(10-13)24-19(27)23-16)29-20-21-8-9-25(20)14-4-3-5-15(11-14)28-2/h3-12H,1-2H3,(H,22,26)(H2,23,24,27)/t12-/m0/s1. The molecular weight excluding hydrogens is 390 g/mol. The smallest absolute Gasteiger partial charge is 0.323 e. The van der Waals surface area contributed by atoms with Crippen LogP contribution in [-0.2, 0) is 4.79 Å². The third-order valence-electron chi connectivity index (χ3n) is 4.37. The summed E-state index contributed by atoms with van der Waals surface area (Å²) in [5, 5.41) is 3.19. The molecule has 0 saturated carbocycles. The average Bonchev–Trinajstić information content (AvgIpc) is 3.33. The Labute approximate surface area is 170 Å². The number of H-pyrrole nitrogens is 2. The fourth-order valence-corrected chi connectivity index (χ4v) is 3.78. The summed E-state index contributed by atoms with van der Waals surface area (Å²) >= 11 is 1.36. The van der Waals surface area contributed by atoms with E-state index in [1.807, 2.05) is 42.0 Å². The van der Waals surface area contributed by atoms with Crippen LogP contribution in [0.4, 0.5) is 5.69 Å². The van der Waals surface area contributed by atoms with Gasteiger partial charge in [0.15, 0.2) is 5.16 Å². The molecule has 0 fully saturated rings. The van der Waals surface area contributed by atoms with Crippen molar-refractivity contribution in [2.75, 3.05) is 12.4 Å². The molecule has 148 valence electrons. The number of aromatic amines is 2. The zero-order chi connectivity index (χ0) is 20.4. The van der Waals surface area contributed by atoms with E-state index in [1.165, 1.54) is 11.8 Å². The normalized spacial score (nSPS) is 12.1. The first-order valence-electron chi connectivity index (χ1n) is 8.91. The first-order valence-corrected chi connectivity index (χ1v) is 9.79. The summed E-state index contributed by atoms with van der Waals surface area (Å²) in [5.41, 5.74) is 2.56. The van der Waals surface area contributed by atoms with E-state index >= 15 is 0 Å². The van der Waals surface area contributed by atoms with Gasteiger partial charge in [0.25, 0.3) is 0 Å². The number of methoxy groups -OCH3 is 1. The monoisotopic (exact) mass is 409 g/mol. The Kier molecular flexibility index (Phi) is 5.13. The zero-order valence-corrected chi connectivity index (χ0v) is 16.6. The Morgan fingerprint density at radius 1 is 1.21 bits per heavy atom. The van der Waals surface area contributed by atoms with Gasteiger partial charge in [-0.2, -0.15) is 0 Å². The highest BCUT2D eigenvalue weighted by Gasteiger charge is 2.18. The van der Waals surface area contributed by atoms with Crippen molar-refractivity contribution in [1.82, 2.24) is 19.5 Å². The number of fused-ring (bicyclic) bond motifs is 1. The predicted molar refractivity (Wildman–Crippen MR) is 113 cm³/mol. The molecule has 1 atom stereocenters. The summed E-state index contributed by atoms with van der Waals surface area (Å²) in [6.07, 6.45) is 3.54. The summed E-state index contributed by atoms with van der Waals surface area (Å²) in [7, 11) is 1.62. The molecule has 3 N–H and O–H groups in total. The minimum absolute atomic E-state index is 0.160. The molecule has 4 aromatic rings. The third-order valence-corrected chi connectivity index (χ3v) is 5.45. The van der Waals surface area contributed by atoms with Gasteiger partial charge in [-0.1, -0.05) is 17.8 Å². The van der Waals surface area contributed by atoms with Gasteiger partial charge in [0, 0.05) is 24.1 Å². The molecule has 2 heterocycles. The van der Waals surface area contributed by atoms with Gasteiger partial charge in [-0.15, -0.1) is 0 Å². The van der Waals surface area contributed by atoms with Gasteiger partial charge in [-0.25, -0.2) is 9.78 Å². The topological polar surface area (TPSA) is 105 Å². The Morgan fingerprint density at radius 2 is 2.03 bits per heavy atom. The largest absolute Gasteiger partial charge is 0.497 e. The number of ether oxygens (including phenoxy) is 1. The highest BCUT2D eigenvalue weighted by Crippen LogP contribution is 2.27. The predicted octanol–water partition coefficient (Wildman–Crippen LogP) is 3.17. The number of hydrogen-bond acceptors (Lipinski definition) is 5. The lowest BCUT2D eigenvalue weighted by Crippen LogP contribution is -2.22. The van der Waals surface area contributed by atoms with Gasteiger partial charge in [0.1, 0.15) is 5.75 Å². The van der Waals surface area contributed by atoms with Gasteiger partial charge in [-0.05, 0) is 37.3 Å². The van der Waals surface area contributed by atoms with Crippen LogP contribution in [0.5, 0.6) is 5.75 Å². The van der Waals surface area contributed by atoms with Crippen molar-refractivity contribution < 1.29 is 9.53 Å². The van der Waals surface area contributed by atoms with E-state index in [0.29, 0.717) is 21.9 Å². The molecule has 0 aliphatic rings. The molecule has 2 aromatic carbocycles. The second-order valence-corrected chi connectivity index (χ2v) is 7.68. The maximum absolute atomic E-state index is 12.7. The Morgan fingerprint density at radius 3 is 2.86 bits per heavy atom. The molecule has 0 aliphatic carbocycles. The number of amides is 1. The zero-order valence-electron chi connectivity index (χ0n) is 15.8. The van der Waals surface area contributed by atoms with E-state index in [1.54, 1.807) is 31.5 Å². The minimum atomic E-state index is -0.386. The number of nitrogens with zero attached hydrogens (tertiary/aromatic N) is 2. The second-order valence-electron chi connectivity index (χ2n) is 6.37. The van der Waals surface area contributed by atoms with Gasteiger partial charge in [-0.3, -0.25) is 9.36 Å². The fourth-order valence-electron chi connectivity index (χ4n) is 2.90. The van der Waals surface area contributed by atoms with Crippen LogP contribution in [0.2, 0.25) is 0 Å². The highest BCUT2D eigenvalue weighted by atomic mass is 32.2. The van der Waals surface area contributed by atoms with Crippen molar-refractivity contribution in [1.29, 1.82) is 0 Å². The van der Waals surface area contributed by atoms with Crippen molar-refractivity contribution in [3.05, 3.63) is 65.3 Å². The first kappa shape index (κ1) is 18.9. The molecule has 2 aromatic heterocycles. The van der Waals surface area contributed by atoms with E-state index in [9.17, 15) is 9.59 Å². The summed E-state index contributed by atoms with van der Waals surface area (Å²) in [5.74, 6) is 0.587. The van der Waals surface area contributed by atoms with Crippen LogP contribution in [0.15, 0.2) is 64.8 Å². The first-order chi connectivity index (χ1) is 14.0. The molecular formula is C20H19N5O3S. The number of carbonyl (C=O) groups is 1.